The molecule has 0 radical (unpaired) electrons. The van der Waals surface area contributed by atoms with Crippen LogP contribution >= 0.6 is 0 Å². The van der Waals surface area contributed by atoms with Crippen LogP contribution < -0.4 is 0 Å². The lowest BCUT2D eigenvalue weighted by molar-refractivity contribution is 0.199. The maximum absolute atomic E-state index is 2.37. The summed E-state index contributed by atoms with van der Waals surface area (Å²) in [6.45, 7) is 16.4. The second-order valence-corrected chi connectivity index (χ2v) is 5.72. The Bertz CT molecular complexity index is 116. The van der Waals surface area contributed by atoms with E-state index in [1.807, 2.05) is 0 Å². The molecular weight excluding hydrogens is 144 g/mol. The summed E-state index contributed by atoms with van der Waals surface area (Å²) in [7, 11) is 0. The van der Waals surface area contributed by atoms with Crippen molar-refractivity contribution in [1.82, 2.24) is 0 Å². The Kier molecular flexibility index (Phi) is 4.30. The van der Waals surface area contributed by atoms with E-state index < -0.39 is 0 Å². The van der Waals surface area contributed by atoms with Crippen molar-refractivity contribution in [3.05, 3.63) is 0 Å². The van der Waals surface area contributed by atoms with Crippen LogP contribution in [0, 0.1) is 23.2 Å². The van der Waals surface area contributed by atoms with Crippen LogP contribution in [0.25, 0.3) is 0 Å². The van der Waals surface area contributed by atoms with E-state index in [-0.39, 0.29) is 0 Å². The van der Waals surface area contributed by atoms with Crippen LogP contribution in [-0.2, 0) is 0 Å². The fourth-order valence-corrected chi connectivity index (χ4v) is 1.18. The monoisotopic (exact) mass is 170 g/mol. The van der Waals surface area contributed by atoms with E-state index in [9.17, 15) is 0 Å². The summed E-state index contributed by atoms with van der Waals surface area (Å²) in [6, 6.07) is 0. The third kappa shape index (κ3) is 4.13. The molecule has 0 heteroatoms. The molecular formula is C12H26. The van der Waals surface area contributed by atoms with Gasteiger partial charge in [-0.2, -0.15) is 0 Å². The van der Waals surface area contributed by atoms with Gasteiger partial charge in [-0.05, 0) is 29.6 Å². The number of hydrogen-bond acceptors (Lipinski definition) is 0. The van der Waals surface area contributed by atoms with Gasteiger partial charge in [0.2, 0.25) is 0 Å². The van der Waals surface area contributed by atoms with E-state index in [4.69, 9.17) is 0 Å². The third-order valence-electron chi connectivity index (χ3n) is 3.34. The van der Waals surface area contributed by atoms with Crippen molar-refractivity contribution in [3.63, 3.8) is 0 Å². The van der Waals surface area contributed by atoms with E-state index in [0.29, 0.717) is 5.41 Å². The maximum atomic E-state index is 2.37. The first-order valence-electron chi connectivity index (χ1n) is 5.25. The molecule has 0 saturated carbocycles. The van der Waals surface area contributed by atoms with Gasteiger partial charge in [0.15, 0.2) is 0 Å². The number of hydrogen-bond donors (Lipinski definition) is 0. The standard InChI is InChI=1S/C12H26/c1-9(2)10(3)8-11(4)12(5,6)7/h9-11H,8H2,1-7H3/t10-,11+/m1/s1. The summed E-state index contributed by atoms with van der Waals surface area (Å²) in [5, 5.41) is 0. The maximum Gasteiger partial charge on any atom is -0.0357 e. The Morgan fingerprint density at radius 2 is 1.33 bits per heavy atom. The van der Waals surface area contributed by atoms with Gasteiger partial charge in [0.1, 0.15) is 0 Å². The van der Waals surface area contributed by atoms with Crippen LogP contribution in [0.15, 0.2) is 0 Å². The molecule has 0 saturated heterocycles. The molecule has 0 aromatic rings. The molecule has 0 aromatic carbocycles. The Morgan fingerprint density at radius 3 is 1.58 bits per heavy atom. The van der Waals surface area contributed by atoms with Gasteiger partial charge in [-0.15, -0.1) is 0 Å². The van der Waals surface area contributed by atoms with Gasteiger partial charge in [-0.25, -0.2) is 0 Å². The molecule has 0 spiro atoms. The third-order valence-corrected chi connectivity index (χ3v) is 3.34. The molecule has 0 aliphatic heterocycles. The predicted octanol–water partition coefficient (Wildman–Crippen LogP) is 4.35. The van der Waals surface area contributed by atoms with Crippen molar-refractivity contribution in [2.45, 2.75) is 54.9 Å². The minimum Gasteiger partial charge on any atom is -0.0625 e. The molecule has 0 aromatic heterocycles. The zero-order valence-corrected chi connectivity index (χ0v) is 9.94. The lowest BCUT2D eigenvalue weighted by atomic mass is 9.75. The van der Waals surface area contributed by atoms with E-state index in [1.54, 1.807) is 0 Å². The van der Waals surface area contributed by atoms with Gasteiger partial charge >= 0.3 is 0 Å². The highest BCUT2D eigenvalue weighted by molar-refractivity contribution is 4.73. The molecule has 2 atom stereocenters. The summed E-state index contributed by atoms with van der Waals surface area (Å²) in [5.41, 5.74) is 0.475. The summed E-state index contributed by atoms with van der Waals surface area (Å²) in [5.74, 6) is 2.52. The van der Waals surface area contributed by atoms with Crippen LogP contribution in [-0.4, -0.2) is 0 Å². The minimum atomic E-state index is 0.475. The van der Waals surface area contributed by atoms with Gasteiger partial charge < -0.3 is 0 Å². The Balaban J connectivity index is 3.93. The van der Waals surface area contributed by atoms with E-state index in [1.165, 1.54) is 6.42 Å². The summed E-state index contributed by atoms with van der Waals surface area (Å²) < 4.78 is 0. The zero-order valence-electron chi connectivity index (χ0n) is 9.94. The Labute approximate surface area is 78.8 Å². The van der Waals surface area contributed by atoms with E-state index in [0.717, 1.165) is 17.8 Å². The van der Waals surface area contributed by atoms with Crippen LogP contribution in [0.4, 0.5) is 0 Å². The highest BCUT2D eigenvalue weighted by Gasteiger charge is 2.22. The lowest BCUT2D eigenvalue weighted by Crippen LogP contribution is -2.21. The molecule has 74 valence electrons. The average molecular weight is 170 g/mol. The first-order valence-corrected chi connectivity index (χ1v) is 5.25. The van der Waals surface area contributed by atoms with E-state index >= 15 is 0 Å². The van der Waals surface area contributed by atoms with Crippen molar-refractivity contribution in [2.24, 2.45) is 23.2 Å². The number of rotatable bonds is 3. The first-order chi connectivity index (χ1) is 5.25. The van der Waals surface area contributed by atoms with Crippen molar-refractivity contribution < 1.29 is 0 Å². The van der Waals surface area contributed by atoms with Gasteiger partial charge in [-0.3, -0.25) is 0 Å². The van der Waals surface area contributed by atoms with Gasteiger partial charge in [0, 0.05) is 0 Å². The normalized spacial score (nSPS) is 18.0. The highest BCUT2D eigenvalue weighted by Crippen LogP contribution is 2.32. The van der Waals surface area contributed by atoms with Crippen LogP contribution in [0.2, 0.25) is 0 Å². The lowest BCUT2D eigenvalue weighted by Gasteiger charge is -2.30. The Hall–Kier alpha value is 0. The molecule has 12 heavy (non-hydrogen) atoms. The van der Waals surface area contributed by atoms with Crippen LogP contribution in [0.3, 0.4) is 0 Å². The SMILES string of the molecule is CC(C)[C@H](C)C[C@H](C)C(C)(C)C. The molecule has 0 aliphatic carbocycles. The highest BCUT2D eigenvalue weighted by atomic mass is 14.3. The van der Waals surface area contributed by atoms with Crippen LogP contribution in [0.1, 0.15) is 54.9 Å². The van der Waals surface area contributed by atoms with Gasteiger partial charge in [0.05, 0.1) is 0 Å². The fraction of sp³-hybridized carbons (Fsp3) is 1.00. The molecule has 0 heterocycles. The Morgan fingerprint density at radius 1 is 0.917 bits per heavy atom. The second-order valence-electron chi connectivity index (χ2n) is 5.72. The van der Waals surface area contributed by atoms with Gasteiger partial charge in [-0.1, -0.05) is 48.5 Å². The summed E-state index contributed by atoms with van der Waals surface area (Å²) in [6.07, 6.45) is 1.36. The van der Waals surface area contributed by atoms with Crippen molar-refractivity contribution in [3.8, 4) is 0 Å². The zero-order chi connectivity index (χ0) is 9.94. The molecule has 0 amide bonds. The summed E-state index contributed by atoms with van der Waals surface area (Å²) >= 11 is 0. The largest absolute Gasteiger partial charge is 0.0625 e. The molecule has 0 unspecified atom stereocenters. The fourth-order valence-electron chi connectivity index (χ4n) is 1.18. The van der Waals surface area contributed by atoms with E-state index in [2.05, 4.69) is 48.5 Å². The molecule has 0 bridgehead atoms. The second kappa shape index (κ2) is 4.30. The predicted molar refractivity (Wildman–Crippen MR) is 57.2 cm³/mol. The minimum absolute atomic E-state index is 0.475. The first kappa shape index (κ1) is 12.0. The molecule has 0 nitrogen and oxygen atoms in total. The van der Waals surface area contributed by atoms with Crippen molar-refractivity contribution in [2.75, 3.05) is 0 Å². The smallest absolute Gasteiger partial charge is 0.0357 e. The molecule has 0 N–H and O–H groups in total. The summed E-state index contributed by atoms with van der Waals surface area (Å²) in [4.78, 5) is 0. The molecule has 0 fully saturated rings. The van der Waals surface area contributed by atoms with Crippen molar-refractivity contribution >= 4 is 0 Å². The average Bonchev–Trinajstić information content (AvgIpc) is 1.85. The topological polar surface area (TPSA) is 0 Å². The molecule has 0 rings (SSSR count). The van der Waals surface area contributed by atoms with Gasteiger partial charge in [0.25, 0.3) is 0 Å². The van der Waals surface area contributed by atoms with Crippen LogP contribution in [0.5, 0.6) is 0 Å². The quantitative estimate of drug-likeness (QED) is 0.590. The molecule has 0 aliphatic rings. The van der Waals surface area contributed by atoms with Crippen molar-refractivity contribution in [1.29, 1.82) is 0 Å².